The summed E-state index contributed by atoms with van der Waals surface area (Å²) in [6, 6.07) is 5.58. The van der Waals surface area contributed by atoms with Crippen LogP contribution in [0, 0.1) is 10.1 Å². The summed E-state index contributed by atoms with van der Waals surface area (Å²) in [6.45, 7) is 3.40. The van der Waals surface area contributed by atoms with Gasteiger partial charge in [0.05, 0.1) is 12.0 Å². The molecule has 21 heavy (non-hydrogen) atoms. The number of nitrogens with zero attached hydrogens (tertiary/aromatic N) is 1. The number of nitrogens with one attached hydrogen (secondary N) is 1. The van der Waals surface area contributed by atoms with Crippen molar-refractivity contribution < 1.29 is 19.2 Å². The molecule has 7 heteroatoms. The molecule has 1 N–H and O–H groups in total. The number of hydrogen-bond donors (Lipinski definition) is 1. The predicted octanol–water partition coefficient (Wildman–Crippen LogP) is 2.06. The van der Waals surface area contributed by atoms with Crippen molar-refractivity contribution in [3.05, 3.63) is 39.9 Å². The van der Waals surface area contributed by atoms with Crippen LogP contribution in [0.5, 0.6) is 0 Å². The summed E-state index contributed by atoms with van der Waals surface area (Å²) in [5.41, 5.74) is -1.61. The molecule has 0 aromatic heterocycles. The fourth-order valence-corrected chi connectivity index (χ4v) is 2.08. The molecule has 0 radical (unpaired) electrons. The molecule has 1 atom stereocenters. The number of benzene rings is 1. The van der Waals surface area contributed by atoms with Crippen molar-refractivity contribution in [1.82, 2.24) is 5.32 Å². The second-order valence-corrected chi connectivity index (χ2v) is 4.80. The third-order valence-electron chi connectivity index (χ3n) is 3.12. The Kier molecular flexibility index (Phi) is 5.40. The lowest BCUT2D eigenvalue weighted by Crippen LogP contribution is -2.52. The predicted molar refractivity (Wildman–Crippen MR) is 75.9 cm³/mol. The van der Waals surface area contributed by atoms with Crippen LogP contribution >= 0.6 is 0 Å². The zero-order valence-corrected chi connectivity index (χ0v) is 12.2. The summed E-state index contributed by atoms with van der Waals surface area (Å²) >= 11 is 0. The van der Waals surface area contributed by atoms with Crippen molar-refractivity contribution in [2.45, 2.75) is 32.2 Å². The van der Waals surface area contributed by atoms with Crippen LogP contribution in [0.15, 0.2) is 24.3 Å². The smallest absolute Gasteiger partial charge is 0.331 e. The Balaban J connectivity index is 3.09. The molecule has 0 aliphatic carbocycles. The van der Waals surface area contributed by atoms with Gasteiger partial charge in [0.25, 0.3) is 11.6 Å². The Morgan fingerprint density at radius 2 is 2.00 bits per heavy atom. The Hall–Kier alpha value is -2.44. The van der Waals surface area contributed by atoms with Gasteiger partial charge in [0, 0.05) is 6.07 Å². The number of nitro groups is 1. The highest BCUT2D eigenvalue weighted by Crippen LogP contribution is 2.20. The van der Waals surface area contributed by atoms with E-state index >= 15 is 0 Å². The van der Waals surface area contributed by atoms with Gasteiger partial charge in [-0.3, -0.25) is 14.9 Å². The lowest BCUT2D eigenvalue weighted by Gasteiger charge is -2.27. The highest BCUT2D eigenvalue weighted by Gasteiger charge is 2.36. The number of carbonyl (C=O) groups is 2. The molecule has 1 amide bonds. The van der Waals surface area contributed by atoms with Crippen LogP contribution in [0.1, 0.15) is 37.0 Å². The average Bonchev–Trinajstić information content (AvgIpc) is 2.46. The van der Waals surface area contributed by atoms with Gasteiger partial charge >= 0.3 is 5.97 Å². The molecule has 0 fully saturated rings. The van der Waals surface area contributed by atoms with Gasteiger partial charge in [0.2, 0.25) is 0 Å². The summed E-state index contributed by atoms with van der Waals surface area (Å²) in [5.74, 6) is -1.26. The van der Waals surface area contributed by atoms with Gasteiger partial charge in [0.15, 0.2) is 0 Å². The fourth-order valence-electron chi connectivity index (χ4n) is 2.08. The number of hydrogen-bond acceptors (Lipinski definition) is 5. The normalized spacial score (nSPS) is 13.1. The SMILES string of the molecule is CCCC(C)(NC(=O)c1ccccc1[N+](=O)[O-])C(=O)OC. The summed E-state index contributed by atoms with van der Waals surface area (Å²) in [7, 11) is 1.23. The number of nitro benzene ring substituents is 1. The van der Waals surface area contributed by atoms with Crippen LogP contribution in [0.25, 0.3) is 0 Å². The van der Waals surface area contributed by atoms with Crippen molar-refractivity contribution in [1.29, 1.82) is 0 Å². The van der Waals surface area contributed by atoms with E-state index in [0.717, 1.165) is 0 Å². The average molecular weight is 294 g/mol. The summed E-state index contributed by atoms with van der Waals surface area (Å²) in [5, 5.41) is 13.5. The van der Waals surface area contributed by atoms with E-state index in [0.29, 0.717) is 12.8 Å². The number of carbonyl (C=O) groups excluding carboxylic acids is 2. The second kappa shape index (κ2) is 6.83. The third kappa shape index (κ3) is 3.77. The fraction of sp³-hybridized carbons (Fsp3) is 0.429. The topological polar surface area (TPSA) is 98.5 Å². The molecule has 114 valence electrons. The molecule has 1 unspecified atom stereocenters. The maximum Gasteiger partial charge on any atom is 0.331 e. The lowest BCUT2D eigenvalue weighted by atomic mass is 9.95. The van der Waals surface area contributed by atoms with Crippen molar-refractivity contribution in [3.63, 3.8) is 0 Å². The molecule has 1 aromatic rings. The molecule has 0 spiro atoms. The largest absolute Gasteiger partial charge is 0.467 e. The van der Waals surface area contributed by atoms with Gasteiger partial charge in [-0.1, -0.05) is 25.5 Å². The van der Waals surface area contributed by atoms with Crippen molar-refractivity contribution >= 4 is 17.6 Å². The van der Waals surface area contributed by atoms with Crippen LogP contribution in [0.3, 0.4) is 0 Å². The number of amides is 1. The van der Waals surface area contributed by atoms with Gasteiger partial charge in [-0.2, -0.15) is 0 Å². The zero-order chi connectivity index (χ0) is 16.0. The Labute approximate surface area is 122 Å². The molecular weight excluding hydrogens is 276 g/mol. The van der Waals surface area contributed by atoms with E-state index in [4.69, 9.17) is 4.74 Å². The highest BCUT2D eigenvalue weighted by molar-refractivity contribution is 6.01. The standard InChI is InChI=1S/C14H18N2O5/c1-4-9-14(2,13(18)21-3)15-12(17)10-7-5-6-8-11(10)16(19)20/h5-8H,4,9H2,1-3H3,(H,15,17). The van der Waals surface area contributed by atoms with E-state index in [2.05, 4.69) is 5.32 Å². The highest BCUT2D eigenvalue weighted by atomic mass is 16.6. The number of esters is 1. The van der Waals surface area contributed by atoms with Gasteiger partial charge in [-0.25, -0.2) is 4.79 Å². The Bertz CT molecular complexity index is 558. The molecule has 0 heterocycles. The van der Waals surface area contributed by atoms with Gasteiger partial charge in [-0.15, -0.1) is 0 Å². The maximum atomic E-state index is 12.3. The first kappa shape index (κ1) is 16.6. The molecule has 0 aliphatic heterocycles. The van der Waals surface area contributed by atoms with Crippen molar-refractivity contribution in [2.75, 3.05) is 7.11 Å². The van der Waals surface area contributed by atoms with Crippen LogP contribution in [0.4, 0.5) is 5.69 Å². The number of methoxy groups -OCH3 is 1. The molecule has 0 bridgehead atoms. The van der Waals surface area contributed by atoms with Crippen LogP contribution in [-0.4, -0.2) is 29.4 Å². The quantitative estimate of drug-likeness (QED) is 0.492. The van der Waals surface area contributed by atoms with E-state index in [1.165, 1.54) is 38.3 Å². The van der Waals surface area contributed by atoms with Gasteiger partial charge in [0.1, 0.15) is 11.1 Å². The Morgan fingerprint density at radius 1 is 1.38 bits per heavy atom. The molecule has 0 saturated carbocycles. The van der Waals surface area contributed by atoms with E-state index in [1.807, 2.05) is 6.92 Å². The first-order chi connectivity index (χ1) is 9.85. The van der Waals surface area contributed by atoms with E-state index < -0.39 is 22.3 Å². The van der Waals surface area contributed by atoms with E-state index in [9.17, 15) is 19.7 Å². The maximum absolute atomic E-state index is 12.3. The van der Waals surface area contributed by atoms with Gasteiger partial charge < -0.3 is 10.1 Å². The molecule has 0 saturated heterocycles. The third-order valence-corrected chi connectivity index (χ3v) is 3.12. The second-order valence-electron chi connectivity index (χ2n) is 4.80. The van der Waals surface area contributed by atoms with Crippen LogP contribution in [0.2, 0.25) is 0 Å². The first-order valence-corrected chi connectivity index (χ1v) is 6.50. The summed E-state index contributed by atoms with van der Waals surface area (Å²) < 4.78 is 4.69. The lowest BCUT2D eigenvalue weighted by molar-refractivity contribution is -0.385. The Morgan fingerprint density at radius 3 is 2.52 bits per heavy atom. The summed E-state index contributed by atoms with van der Waals surface area (Å²) in [4.78, 5) is 34.4. The molecule has 1 rings (SSSR count). The van der Waals surface area contributed by atoms with Crippen molar-refractivity contribution in [2.24, 2.45) is 0 Å². The molecular formula is C14H18N2O5. The van der Waals surface area contributed by atoms with Crippen LogP contribution in [-0.2, 0) is 9.53 Å². The minimum atomic E-state index is -1.22. The van der Waals surface area contributed by atoms with E-state index in [-0.39, 0.29) is 11.3 Å². The minimum absolute atomic E-state index is 0.0891. The molecule has 7 nitrogen and oxygen atoms in total. The number of rotatable bonds is 6. The summed E-state index contributed by atoms with van der Waals surface area (Å²) in [6.07, 6.45) is 1.01. The molecule has 1 aromatic carbocycles. The number of para-hydroxylation sites is 1. The van der Waals surface area contributed by atoms with Crippen LogP contribution < -0.4 is 5.32 Å². The van der Waals surface area contributed by atoms with Crippen molar-refractivity contribution in [3.8, 4) is 0 Å². The van der Waals surface area contributed by atoms with E-state index in [1.54, 1.807) is 0 Å². The zero-order valence-electron chi connectivity index (χ0n) is 12.2. The first-order valence-electron chi connectivity index (χ1n) is 6.50. The monoisotopic (exact) mass is 294 g/mol. The molecule has 0 aliphatic rings. The van der Waals surface area contributed by atoms with Gasteiger partial charge in [-0.05, 0) is 19.4 Å². The minimum Gasteiger partial charge on any atom is -0.467 e. The number of ether oxygens (including phenoxy) is 1.